The van der Waals surface area contributed by atoms with Gasteiger partial charge in [0.2, 0.25) is 0 Å². The summed E-state index contributed by atoms with van der Waals surface area (Å²) in [4.78, 5) is 0. The smallest absolute Gasteiger partial charge is 0.0196 e. The van der Waals surface area contributed by atoms with Gasteiger partial charge in [0.1, 0.15) is 0 Å². The lowest BCUT2D eigenvalue weighted by atomic mass is 9.56. The van der Waals surface area contributed by atoms with E-state index in [4.69, 9.17) is 0 Å². The molecule has 0 nitrogen and oxygen atoms in total. The van der Waals surface area contributed by atoms with Gasteiger partial charge in [0.05, 0.1) is 0 Å². The molecule has 3 radical (unpaired) electrons. The summed E-state index contributed by atoms with van der Waals surface area (Å²) in [6.45, 7) is 0. The Morgan fingerprint density at radius 3 is 1.80 bits per heavy atom. The molecule has 0 amide bonds. The largest absolute Gasteiger partial charge is 0.0475 e. The van der Waals surface area contributed by atoms with E-state index in [1.807, 2.05) is 0 Å². The van der Waals surface area contributed by atoms with Crippen molar-refractivity contribution in [2.24, 2.45) is 11.8 Å². The Balaban J connectivity index is 1.90. The van der Waals surface area contributed by atoms with Crippen LogP contribution < -0.4 is 0 Å². The average molecular weight is 133 g/mol. The summed E-state index contributed by atoms with van der Waals surface area (Å²) in [6, 6.07) is 0. The van der Waals surface area contributed by atoms with Crippen LogP contribution >= 0.6 is 0 Å². The van der Waals surface area contributed by atoms with Crippen LogP contribution in [0.5, 0.6) is 0 Å². The first-order valence-corrected chi connectivity index (χ1v) is 4.44. The van der Waals surface area contributed by atoms with Crippen molar-refractivity contribution in [1.29, 1.82) is 0 Å². The molecule has 0 saturated heterocycles. The predicted molar refractivity (Wildman–Crippen MR) is 40.9 cm³/mol. The molecule has 0 aromatic heterocycles. The van der Waals surface area contributed by atoms with E-state index in [1.165, 1.54) is 25.7 Å². The van der Waals surface area contributed by atoms with E-state index < -0.39 is 0 Å². The molecule has 0 atom stereocenters. The van der Waals surface area contributed by atoms with Crippen LogP contribution in [-0.4, -0.2) is 0 Å². The molecule has 0 aromatic rings. The second-order valence-electron chi connectivity index (χ2n) is 4.25. The highest BCUT2D eigenvalue weighted by Gasteiger charge is 2.42. The lowest BCUT2D eigenvalue weighted by Crippen LogP contribution is -2.36. The van der Waals surface area contributed by atoms with Crippen molar-refractivity contribution in [3.8, 4) is 0 Å². The molecule has 10 heavy (non-hydrogen) atoms. The van der Waals surface area contributed by atoms with Crippen molar-refractivity contribution in [2.45, 2.75) is 32.1 Å². The van der Waals surface area contributed by atoms with Crippen molar-refractivity contribution in [2.75, 3.05) is 0 Å². The van der Waals surface area contributed by atoms with Crippen molar-refractivity contribution in [3.63, 3.8) is 0 Å². The SMILES string of the molecule is [CH]1[C]2CC3C[C]1CC(C2)C3. The van der Waals surface area contributed by atoms with Gasteiger partial charge in [0.25, 0.3) is 0 Å². The standard InChI is InChI=1S/C10H13/c1-7-2-9-4-8(1)5-10(3-7)6-9/h1,9-10H,2-6H2. The normalized spacial score (nSPS) is 46.8. The lowest BCUT2D eigenvalue weighted by Gasteiger charge is -2.48. The third-order valence-corrected chi connectivity index (χ3v) is 3.28. The van der Waals surface area contributed by atoms with Gasteiger partial charge in [-0.3, -0.25) is 0 Å². The fourth-order valence-electron chi connectivity index (χ4n) is 3.12. The highest BCUT2D eigenvalue weighted by Crippen LogP contribution is 2.54. The molecular formula is C10H13. The minimum absolute atomic E-state index is 1.07. The first kappa shape index (κ1) is 5.62. The van der Waals surface area contributed by atoms with Gasteiger partial charge >= 0.3 is 0 Å². The fourth-order valence-corrected chi connectivity index (χ4v) is 3.12. The molecular weight excluding hydrogens is 120 g/mol. The molecule has 53 valence electrons. The van der Waals surface area contributed by atoms with Crippen LogP contribution in [0.25, 0.3) is 0 Å². The summed E-state index contributed by atoms with van der Waals surface area (Å²) in [5.41, 5.74) is 0. The number of hydrogen-bond acceptors (Lipinski definition) is 0. The molecule has 0 heteroatoms. The monoisotopic (exact) mass is 133 g/mol. The number of rotatable bonds is 0. The van der Waals surface area contributed by atoms with Gasteiger partial charge in [-0.05, 0) is 62.2 Å². The van der Waals surface area contributed by atoms with Gasteiger partial charge in [0, 0.05) is 0 Å². The minimum Gasteiger partial charge on any atom is -0.0475 e. The second-order valence-corrected chi connectivity index (χ2v) is 4.25. The van der Waals surface area contributed by atoms with Gasteiger partial charge in [-0.2, -0.15) is 0 Å². The average Bonchev–Trinajstić information content (AvgIpc) is 1.82. The summed E-state index contributed by atoms with van der Waals surface area (Å²) in [5, 5.41) is 0. The first-order chi connectivity index (χ1) is 4.90. The molecule has 0 heterocycles. The predicted octanol–water partition coefficient (Wildman–Crippen LogP) is 2.56. The molecule has 4 fully saturated rings. The highest BCUT2D eigenvalue weighted by molar-refractivity contribution is 5.30. The Kier molecular flexibility index (Phi) is 1.00. The van der Waals surface area contributed by atoms with Crippen LogP contribution in [0, 0.1) is 30.1 Å². The van der Waals surface area contributed by atoms with E-state index in [2.05, 4.69) is 6.42 Å². The van der Waals surface area contributed by atoms with E-state index in [1.54, 1.807) is 18.3 Å². The summed E-state index contributed by atoms with van der Waals surface area (Å²) in [6.07, 6.45) is 9.81. The highest BCUT2D eigenvalue weighted by atomic mass is 14.5. The van der Waals surface area contributed by atoms with Gasteiger partial charge < -0.3 is 0 Å². The molecule has 0 aromatic carbocycles. The van der Waals surface area contributed by atoms with Crippen LogP contribution in [0.3, 0.4) is 0 Å². The van der Waals surface area contributed by atoms with E-state index >= 15 is 0 Å². The van der Waals surface area contributed by atoms with Crippen molar-refractivity contribution < 1.29 is 0 Å². The Bertz CT molecular complexity index is 91.6. The van der Waals surface area contributed by atoms with Gasteiger partial charge in [-0.25, -0.2) is 0 Å². The van der Waals surface area contributed by atoms with Crippen LogP contribution in [0.1, 0.15) is 32.1 Å². The summed E-state index contributed by atoms with van der Waals surface area (Å²) in [5.74, 6) is 5.69. The Morgan fingerprint density at radius 2 is 1.40 bits per heavy atom. The Morgan fingerprint density at radius 1 is 0.900 bits per heavy atom. The summed E-state index contributed by atoms with van der Waals surface area (Å²) in [7, 11) is 0. The second kappa shape index (κ2) is 1.78. The molecule has 4 bridgehead atoms. The quantitative estimate of drug-likeness (QED) is 0.476. The Labute approximate surface area is 63.0 Å². The fraction of sp³-hybridized carbons (Fsp3) is 0.700. The molecule has 4 aliphatic carbocycles. The zero-order valence-corrected chi connectivity index (χ0v) is 6.27. The van der Waals surface area contributed by atoms with Crippen LogP contribution in [0.2, 0.25) is 0 Å². The molecule has 0 spiro atoms. The van der Waals surface area contributed by atoms with Crippen LogP contribution in [-0.2, 0) is 0 Å². The summed E-state index contributed by atoms with van der Waals surface area (Å²) < 4.78 is 0. The van der Waals surface area contributed by atoms with E-state index in [0.717, 1.165) is 11.8 Å². The zero-order valence-electron chi connectivity index (χ0n) is 6.27. The van der Waals surface area contributed by atoms with Crippen LogP contribution in [0.15, 0.2) is 0 Å². The van der Waals surface area contributed by atoms with E-state index in [9.17, 15) is 0 Å². The van der Waals surface area contributed by atoms with Crippen molar-refractivity contribution in [1.82, 2.24) is 0 Å². The molecule has 0 N–H and O–H groups in total. The van der Waals surface area contributed by atoms with E-state index in [0.29, 0.717) is 0 Å². The van der Waals surface area contributed by atoms with Crippen molar-refractivity contribution in [3.05, 3.63) is 18.3 Å². The number of hydrogen-bond donors (Lipinski definition) is 0. The maximum atomic E-state index is 2.49. The third kappa shape index (κ3) is 0.681. The van der Waals surface area contributed by atoms with E-state index in [-0.39, 0.29) is 0 Å². The third-order valence-electron chi connectivity index (χ3n) is 3.28. The summed E-state index contributed by atoms with van der Waals surface area (Å²) >= 11 is 0. The van der Waals surface area contributed by atoms with Crippen LogP contribution in [0.4, 0.5) is 0 Å². The molecule has 4 aliphatic rings. The van der Waals surface area contributed by atoms with Gasteiger partial charge in [-0.1, -0.05) is 0 Å². The first-order valence-electron chi connectivity index (χ1n) is 4.44. The maximum absolute atomic E-state index is 2.49. The minimum atomic E-state index is 1.07. The van der Waals surface area contributed by atoms with Gasteiger partial charge in [-0.15, -0.1) is 0 Å². The Hall–Kier alpha value is 0. The molecule has 0 aliphatic heterocycles. The topological polar surface area (TPSA) is 0 Å². The van der Waals surface area contributed by atoms with Gasteiger partial charge in [0.15, 0.2) is 0 Å². The maximum Gasteiger partial charge on any atom is -0.0196 e. The van der Waals surface area contributed by atoms with Crippen molar-refractivity contribution >= 4 is 0 Å². The molecule has 4 rings (SSSR count). The molecule has 4 saturated carbocycles. The molecule has 0 unspecified atom stereocenters. The lowest BCUT2D eigenvalue weighted by molar-refractivity contribution is 0.201. The zero-order chi connectivity index (χ0) is 6.55.